The topological polar surface area (TPSA) is 111 Å². The van der Waals surface area contributed by atoms with Gasteiger partial charge < -0.3 is 14.2 Å². The minimum Gasteiger partial charge on any atom is -0.490 e. The molecule has 184 valence electrons. The third-order valence-corrected chi connectivity index (χ3v) is 5.32. The lowest BCUT2D eigenvalue weighted by Crippen LogP contribution is -2.54. The van der Waals surface area contributed by atoms with Gasteiger partial charge in [0.1, 0.15) is 5.57 Å². The first-order valence-electron chi connectivity index (χ1n) is 11.0. The third kappa shape index (κ3) is 5.89. The van der Waals surface area contributed by atoms with Crippen molar-refractivity contribution >= 4 is 51.5 Å². The summed E-state index contributed by atoms with van der Waals surface area (Å²) in [6, 6.07) is 8.17. The van der Waals surface area contributed by atoms with Crippen LogP contribution in [0.15, 0.2) is 46.4 Å². The van der Waals surface area contributed by atoms with Gasteiger partial charge in [-0.2, -0.15) is 0 Å². The summed E-state index contributed by atoms with van der Waals surface area (Å²) >= 11 is 3.46. The molecule has 0 atom stereocenters. The molecular formula is C25H25BrN2O7. The van der Waals surface area contributed by atoms with Gasteiger partial charge in [-0.25, -0.2) is 14.5 Å². The molecule has 0 bridgehead atoms. The van der Waals surface area contributed by atoms with Gasteiger partial charge in [0.05, 0.1) is 35.0 Å². The van der Waals surface area contributed by atoms with Crippen molar-refractivity contribution in [3.8, 4) is 11.5 Å². The van der Waals surface area contributed by atoms with E-state index >= 15 is 0 Å². The lowest BCUT2D eigenvalue weighted by atomic mass is 10.1. The number of imide groups is 2. The van der Waals surface area contributed by atoms with E-state index in [1.54, 1.807) is 19.1 Å². The molecule has 35 heavy (non-hydrogen) atoms. The molecule has 0 aromatic heterocycles. The van der Waals surface area contributed by atoms with Crippen LogP contribution in [0.25, 0.3) is 6.08 Å². The largest absolute Gasteiger partial charge is 0.490 e. The number of carbonyl (C=O) groups excluding carboxylic acids is 4. The molecule has 1 saturated heterocycles. The molecule has 1 aliphatic heterocycles. The standard InChI is InChI=1S/C25H25BrN2O7/c1-5-33-20-13-15(12-19(26)21(20)35-14(3)4)11-18-22(29)27-25(32)28(23(18)30)17-9-7-16(8-10-17)24(31)34-6-2/h7-14H,5-6H2,1-4H3,(H,27,29,32)/b18-11+. The fourth-order valence-corrected chi connectivity index (χ4v) is 3.86. The van der Waals surface area contributed by atoms with Gasteiger partial charge in [-0.3, -0.25) is 14.9 Å². The fraction of sp³-hybridized carbons (Fsp3) is 0.280. The maximum Gasteiger partial charge on any atom is 0.338 e. The van der Waals surface area contributed by atoms with Crippen LogP contribution in [-0.4, -0.2) is 43.1 Å². The molecule has 3 rings (SSSR count). The Hall–Kier alpha value is -3.66. The van der Waals surface area contributed by atoms with Gasteiger partial charge >= 0.3 is 12.0 Å². The zero-order chi connectivity index (χ0) is 25.7. The quantitative estimate of drug-likeness (QED) is 0.296. The maximum absolute atomic E-state index is 13.2. The Labute approximate surface area is 211 Å². The summed E-state index contributed by atoms with van der Waals surface area (Å²) in [6.07, 6.45) is 1.27. The molecule has 0 spiro atoms. The number of ether oxygens (including phenoxy) is 3. The molecule has 10 heteroatoms. The Morgan fingerprint density at radius 3 is 2.37 bits per heavy atom. The first-order valence-corrected chi connectivity index (χ1v) is 11.8. The summed E-state index contributed by atoms with van der Waals surface area (Å²) in [5.41, 5.74) is 0.702. The van der Waals surface area contributed by atoms with Crippen molar-refractivity contribution in [3.05, 3.63) is 57.6 Å². The fourth-order valence-electron chi connectivity index (χ4n) is 3.30. The average Bonchev–Trinajstić information content (AvgIpc) is 2.79. The number of carbonyl (C=O) groups is 4. The highest BCUT2D eigenvalue weighted by atomic mass is 79.9. The zero-order valence-corrected chi connectivity index (χ0v) is 21.3. The van der Waals surface area contributed by atoms with E-state index in [4.69, 9.17) is 14.2 Å². The van der Waals surface area contributed by atoms with Crippen molar-refractivity contribution in [2.75, 3.05) is 18.1 Å². The molecule has 0 radical (unpaired) electrons. The number of benzene rings is 2. The predicted molar refractivity (Wildman–Crippen MR) is 132 cm³/mol. The lowest BCUT2D eigenvalue weighted by molar-refractivity contribution is -0.122. The van der Waals surface area contributed by atoms with Gasteiger partial charge in [0.2, 0.25) is 0 Å². The summed E-state index contributed by atoms with van der Waals surface area (Å²) in [5.74, 6) is -1.21. The monoisotopic (exact) mass is 544 g/mol. The van der Waals surface area contributed by atoms with Gasteiger partial charge in [-0.1, -0.05) is 0 Å². The smallest absolute Gasteiger partial charge is 0.338 e. The first kappa shape index (κ1) is 26.0. The van der Waals surface area contributed by atoms with Crippen LogP contribution in [0.2, 0.25) is 0 Å². The van der Waals surface area contributed by atoms with Crippen LogP contribution in [0.1, 0.15) is 43.6 Å². The molecule has 2 aromatic rings. The second-order valence-corrected chi connectivity index (χ2v) is 8.51. The summed E-state index contributed by atoms with van der Waals surface area (Å²) in [4.78, 5) is 50.9. The van der Waals surface area contributed by atoms with Gasteiger partial charge in [0.15, 0.2) is 11.5 Å². The Balaban J connectivity index is 1.97. The van der Waals surface area contributed by atoms with E-state index in [9.17, 15) is 19.2 Å². The minimum atomic E-state index is -0.891. The van der Waals surface area contributed by atoms with Gasteiger partial charge in [0.25, 0.3) is 11.8 Å². The molecule has 1 N–H and O–H groups in total. The van der Waals surface area contributed by atoms with Crippen molar-refractivity contribution in [1.29, 1.82) is 0 Å². The van der Waals surface area contributed by atoms with Crippen molar-refractivity contribution < 1.29 is 33.4 Å². The van der Waals surface area contributed by atoms with Crippen molar-refractivity contribution in [1.82, 2.24) is 5.32 Å². The molecule has 9 nitrogen and oxygen atoms in total. The molecular weight excluding hydrogens is 520 g/mol. The minimum absolute atomic E-state index is 0.102. The van der Waals surface area contributed by atoms with Crippen LogP contribution >= 0.6 is 15.9 Å². The summed E-state index contributed by atoms with van der Waals surface area (Å²) in [5, 5.41) is 2.18. The molecule has 2 aromatic carbocycles. The van der Waals surface area contributed by atoms with E-state index in [0.717, 1.165) is 4.90 Å². The highest BCUT2D eigenvalue weighted by Crippen LogP contribution is 2.38. The summed E-state index contributed by atoms with van der Waals surface area (Å²) in [6.45, 7) is 7.88. The van der Waals surface area contributed by atoms with Crippen LogP contribution in [0.4, 0.5) is 10.5 Å². The zero-order valence-electron chi connectivity index (χ0n) is 19.7. The van der Waals surface area contributed by atoms with E-state index in [-0.39, 0.29) is 29.5 Å². The van der Waals surface area contributed by atoms with Crippen molar-refractivity contribution in [2.24, 2.45) is 0 Å². The summed E-state index contributed by atoms with van der Waals surface area (Å²) < 4.78 is 17.0. The second-order valence-electron chi connectivity index (χ2n) is 7.65. The number of urea groups is 1. The number of hydrogen-bond donors (Lipinski definition) is 1. The van der Waals surface area contributed by atoms with Crippen molar-refractivity contribution in [2.45, 2.75) is 33.8 Å². The molecule has 4 amide bonds. The number of rotatable bonds is 8. The number of nitrogens with zero attached hydrogens (tertiary/aromatic N) is 1. The highest BCUT2D eigenvalue weighted by Gasteiger charge is 2.37. The Morgan fingerprint density at radius 2 is 1.77 bits per heavy atom. The van der Waals surface area contributed by atoms with Crippen LogP contribution in [-0.2, 0) is 14.3 Å². The molecule has 0 aliphatic carbocycles. The van der Waals surface area contributed by atoms with Gasteiger partial charge in [-0.05, 0) is 91.7 Å². The molecule has 0 unspecified atom stereocenters. The van der Waals surface area contributed by atoms with Gasteiger partial charge in [0, 0.05) is 0 Å². The number of anilines is 1. The number of barbiturate groups is 1. The third-order valence-electron chi connectivity index (χ3n) is 4.73. The molecule has 0 saturated carbocycles. The van der Waals surface area contributed by atoms with Crippen molar-refractivity contribution in [3.63, 3.8) is 0 Å². The molecule has 1 aliphatic rings. The van der Waals surface area contributed by atoms with E-state index in [2.05, 4.69) is 21.2 Å². The van der Waals surface area contributed by atoms with Crippen LogP contribution in [0, 0.1) is 0 Å². The van der Waals surface area contributed by atoms with Crippen LogP contribution in [0.5, 0.6) is 11.5 Å². The number of nitrogens with one attached hydrogen (secondary N) is 1. The van der Waals surface area contributed by atoms with E-state index < -0.39 is 23.8 Å². The van der Waals surface area contributed by atoms with Crippen LogP contribution in [0.3, 0.4) is 0 Å². The Kier molecular flexibility index (Phi) is 8.29. The number of amides is 4. The highest BCUT2D eigenvalue weighted by molar-refractivity contribution is 9.10. The first-order chi connectivity index (χ1) is 16.7. The number of esters is 1. The van der Waals surface area contributed by atoms with Crippen LogP contribution < -0.4 is 19.7 Å². The average molecular weight is 545 g/mol. The number of hydrogen-bond acceptors (Lipinski definition) is 7. The lowest BCUT2D eigenvalue weighted by Gasteiger charge is -2.26. The van der Waals surface area contributed by atoms with E-state index in [1.165, 1.54) is 30.3 Å². The van der Waals surface area contributed by atoms with Gasteiger partial charge in [-0.15, -0.1) is 0 Å². The molecule has 1 heterocycles. The SMILES string of the molecule is CCOC(=O)c1ccc(N2C(=O)NC(=O)/C(=C\c3cc(Br)c(OC(C)C)c(OCC)c3)C2=O)cc1. The number of halogens is 1. The Morgan fingerprint density at radius 1 is 1.09 bits per heavy atom. The predicted octanol–water partition coefficient (Wildman–Crippen LogP) is 4.48. The Bertz CT molecular complexity index is 1190. The van der Waals surface area contributed by atoms with E-state index in [1.807, 2.05) is 20.8 Å². The molecule has 1 fully saturated rings. The maximum atomic E-state index is 13.2. The normalized spacial score (nSPS) is 14.9. The van der Waals surface area contributed by atoms with E-state index in [0.29, 0.717) is 28.1 Å². The second kappa shape index (κ2) is 11.2. The summed E-state index contributed by atoms with van der Waals surface area (Å²) in [7, 11) is 0.